The number of carbonyl (C=O) groups excluding carboxylic acids is 2. The first-order valence-corrected chi connectivity index (χ1v) is 8.31. The van der Waals surface area contributed by atoms with E-state index in [4.69, 9.17) is 14.2 Å². The fourth-order valence-electron chi connectivity index (χ4n) is 1.89. The summed E-state index contributed by atoms with van der Waals surface area (Å²) in [5.74, 6) is 0.103. The van der Waals surface area contributed by atoms with Gasteiger partial charge in [0, 0.05) is 6.04 Å². The van der Waals surface area contributed by atoms with E-state index >= 15 is 0 Å². The van der Waals surface area contributed by atoms with Gasteiger partial charge >= 0.3 is 5.97 Å². The second-order valence-electron chi connectivity index (χ2n) is 5.26. The van der Waals surface area contributed by atoms with Crippen LogP contribution in [0.3, 0.4) is 0 Å². The third-order valence-electron chi connectivity index (χ3n) is 3.19. The normalized spacial score (nSPS) is 13.3. The first-order valence-electron chi connectivity index (χ1n) is 7.52. The standard InChI is InChI=1S/C16H20BrNO5/c1-3-6-22-15-12(17)7-10(8-13(15)21-2)16(20)23-9-14(19)18-11-4-5-11/h7-8,11H,3-6,9H2,1-2H3,(H,18,19). The molecule has 7 heteroatoms. The number of hydrogen-bond acceptors (Lipinski definition) is 5. The molecule has 6 nitrogen and oxygen atoms in total. The molecule has 1 saturated carbocycles. The minimum Gasteiger partial charge on any atom is -0.493 e. The van der Waals surface area contributed by atoms with Crippen LogP contribution in [0.5, 0.6) is 11.5 Å². The van der Waals surface area contributed by atoms with E-state index in [0.29, 0.717) is 22.6 Å². The van der Waals surface area contributed by atoms with Crippen LogP contribution in [0.15, 0.2) is 16.6 Å². The number of nitrogens with one attached hydrogen (secondary N) is 1. The van der Waals surface area contributed by atoms with Crippen LogP contribution in [0.25, 0.3) is 0 Å². The molecule has 0 spiro atoms. The van der Waals surface area contributed by atoms with Crippen LogP contribution in [-0.4, -0.2) is 38.2 Å². The van der Waals surface area contributed by atoms with Crippen molar-refractivity contribution in [2.45, 2.75) is 32.2 Å². The van der Waals surface area contributed by atoms with Crippen LogP contribution in [-0.2, 0) is 9.53 Å². The quantitative estimate of drug-likeness (QED) is 0.696. The molecule has 1 fully saturated rings. The average Bonchev–Trinajstić information content (AvgIpc) is 3.34. The summed E-state index contributed by atoms with van der Waals surface area (Å²) in [4.78, 5) is 23.6. The minimum absolute atomic E-state index is 0.241. The molecule has 1 aliphatic rings. The zero-order chi connectivity index (χ0) is 16.8. The Morgan fingerprint density at radius 3 is 2.70 bits per heavy atom. The summed E-state index contributed by atoms with van der Waals surface area (Å²) in [6.07, 6.45) is 2.83. The van der Waals surface area contributed by atoms with Crippen molar-refractivity contribution in [2.24, 2.45) is 0 Å². The Labute approximate surface area is 143 Å². The van der Waals surface area contributed by atoms with E-state index in [1.807, 2.05) is 6.92 Å². The highest BCUT2D eigenvalue weighted by atomic mass is 79.9. The maximum Gasteiger partial charge on any atom is 0.338 e. The summed E-state index contributed by atoms with van der Waals surface area (Å²) in [6.45, 7) is 2.25. The predicted molar refractivity (Wildman–Crippen MR) is 87.9 cm³/mol. The molecule has 1 amide bonds. The van der Waals surface area contributed by atoms with Crippen LogP contribution in [0.4, 0.5) is 0 Å². The summed E-state index contributed by atoms with van der Waals surface area (Å²) in [6, 6.07) is 3.37. The van der Waals surface area contributed by atoms with Crippen LogP contribution < -0.4 is 14.8 Å². The van der Waals surface area contributed by atoms with Crippen molar-refractivity contribution in [3.8, 4) is 11.5 Å². The van der Waals surface area contributed by atoms with E-state index in [1.54, 1.807) is 6.07 Å². The van der Waals surface area contributed by atoms with Crippen LogP contribution in [0, 0.1) is 0 Å². The summed E-state index contributed by atoms with van der Waals surface area (Å²) < 4.78 is 16.5. The van der Waals surface area contributed by atoms with Crippen molar-refractivity contribution >= 4 is 27.8 Å². The third kappa shape index (κ3) is 5.13. The van der Waals surface area contributed by atoms with Crippen molar-refractivity contribution < 1.29 is 23.8 Å². The predicted octanol–water partition coefficient (Wildman–Crippen LogP) is 2.68. The fraction of sp³-hybridized carbons (Fsp3) is 0.500. The molecule has 126 valence electrons. The van der Waals surface area contributed by atoms with E-state index in [0.717, 1.165) is 19.3 Å². The van der Waals surface area contributed by atoms with Crippen LogP contribution in [0.2, 0.25) is 0 Å². The van der Waals surface area contributed by atoms with E-state index in [-0.39, 0.29) is 24.1 Å². The third-order valence-corrected chi connectivity index (χ3v) is 3.78. The number of esters is 1. The second-order valence-corrected chi connectivity index (χ2v) is 6.11. The van der Waals surface area contributed by atoms with Gasteiger partial charge in [-0.05, 0) is 47.3 Å². The largest absolute Gasteiger partial charge is 0.493 e. The van der Waals surface area contributed by atoms with Crippen molar-refractivity contribution in [1.82, 2.24) is 5.32 Å². The van der Waals surface area contributed by atoms with Crippen LogP contribution >= 0.6 is 15.9 Å². The molecule has 1 aliphatic carbocycles. The van der Waals surface area contributed by atoms with Gasteiger partial charge in [-0.2, -0.15) is 0 Å². The first-order chi connectivity index (χ1) is 11.0. The average molecular weight is 386 g/mol. The highest BCUT2D eigenvalue weighted by Crippen LogP contribution is 2.37. The van der Waals surface area contributed by atoms with Crippen molar-refractivity contribution in [3.05, 3.63) is 22.2 Å². The van der Waals surface area contributed by atoms with Gasteiger partial charge in [-0.15, -0.1) is 0 Å². The van der Waals surface area contributed by atoms with Gasteiger partial charge in [-0.3, -0.25) is 4.79 Å². The molecule has 0 saturated heterocycles. The highest BCUT2D eigenvalue weighted by Gasteiger charge is 2.24. The summed E-state index contributed by atoms with van der Waals surface area (Å²) in [5.41, 5.74) is 0.289. The number of methoxy groups -OCH3 is 1. The highest BCUT2D eigenvalue weighted by molar-refractivity contribution is 9.10. The van der Waals surface area contributed by atoms with Gasteiger partial charge in [0.1, 0.15) is 0 Å². The number of amides is 1. The molecule has 0 heterocycles. The SMILES string of the molecule is CCCOc1c(Br)cc(C(=O)OCC(=O)NC2CC2)cc1OC. The minimum atomic E-state index is -0.586. The lowest BCUT2D eigenvalue weighted by Gasteiger charge is -2.13. The number of benzene rings is 1. The second kappa shape index (κ2) is 8.19. The number of ether oxygens (including phenoxy) is 3. The molecule has 1 aromatic rings. The molecule has 0 aromatic heterocycles. The van der Waals surface area contributed by atoms with Gasteiger partial charge in [-0.1, -0.05) is 6.92 Å². The summed E-state index contributed by atoms with van der Waals surface area (Å²) >= 11 is 3.37. The van der Waals surface area contributed by atoms with Gasteiger partial charge in [-0.25, -0.2) is 4.79 Å². The molecule has 23 heavy (non-hydrogen) atoms. The number of rotatable bonds is 8. The smallest absolute Gasteiger partial charge is 0.338 e. The van der Waals surface area contributed by atoms with Crippen LogP contribution in [0.1, 0.15) is 36.5 Å². The Morgan fingerprint density at radius 1 is 1.35 bits per heavy atom. The Bertz CT molecular complexity index is 586. The maximum absolute atomic E-state index is 12.1. The van der Waals surface area contributed by atoms with Gasteiger partial charge in [0.05, 0.1) is 23.8 Å². The Balaban J connectivity index is 2.01. The van der Waals surface area contributed by atoms with E-state index < -0.39 is 5.97 Å². The summed E-state index contributed by atoms with van der Waals surface area (Å²) in [5, 5.41) is 2.76. The van der Waals surface area contributed by atoms with E-state index in [1.165, 1.54) is 13.2 Å². The maximum atomic E-state index is 12.1. The molecule has 1 N–H and O–H groups in total. The zero-order valence-electron chi connectivity index (χ0n) is 13.2. The van der Waals surface area contributed by atoms with Crippen molar-refractivity contribution in [2.75, 3.05) is 20.3 Å². The zero-order valence-corrected chi connectivity index (χ0v) is 14.8. The number of carbonyl (C=O) groups is 2. The Morgan fingerprint density at radius 2 is 2.09 bits per heavy atom. The topological polar surface area (TPSA) is 73.9 Å². The first kappa shape index (κ1) is 17.6. The lowest BCUT2D eigenvalue weighted by Crippen LogP contribution is -2.30. The van der Waals surface area contributed by atoms with Crippen molar-refractivity contribution in [3.63, 3.8) is 0 Å². The molecule has 0 aliphatic heterocycles. The fourth-order valence-corrected chi connectivity index (χ4v) is 2.45. The molecule has 1 aromatic carbocycles. The molecular formula is C16H20BrNO5. The lowest BCUT2D eigenvalue weighted by atomic mass is 10.2. The van der Waals surface area contributed by atoms with Gasteiger partial charge in [0.25, 0.3) is 5.91 Å². The van der Waals surface area contributed by atoms with E-state index in [9.17, 15) is 9.59 Å². The molecular weight excluding hydrogens is 366 g/mol. The molecule has 0 atom stereocenters. The van der Waals surface area contributed by atoms with Gasteiger partial charge in [0.2, 0.25) is 0 Å². The van der Waals surface area contributed by atoms with E-state index in [2.05, 4.69) is 21.2 Å². The molecule has 2 rings (SSSR count). The van der Waals surface area contributed by atoms with Gasteiger partial charge < -0.3 is 19.5 Å². The Kier molecular flexibility index (Phi) is 6.27. The number of hydrogen-bond donors (Lipinski definition) is 1. The molecule has 0 bridgehead atoms. The lowest BCUT2D eigenvalue weighted by molar-refractivity contribution is -0.124. The summed E-state index contributed by atoms with van der Waals surface area (Å²) in [7, 11) is 1.50. The monoisotopic (exact) mass is 385 g/mol. The van der Waals surface area contributed by atoms with Gasteiger partial charge in [0.15, 0.2) is 18.1 Å². The van der Waals surface area contributed by atoms with Crippen molar-refractivity contribution in [1.29, 1.82) is 0 Å². The number of halogens is 1. The molecule has 0 unspecified atom stereocenters. The molecule has 0 radical (unpaired) electrons. The Hall–Kier alpha value is -1.76.